The third-order valence-corrected chi connectivity index (χ3v) is 5.84. The summed E-state index contributed by atoms with van der Waals surface area (Å²) < 4.78 is 0. The zero-order valence-corrected chi connectivity index (χ0v) is 17.0. The normalized spacial score (nSPS) is 19.7. The lowest BCUT2D eigenvalue weighted by molar-refractivity contribution is -0.0667. The van der Waals surface area contributed by atoms with E-state index in [1.54, 1.807) is 11.3 Å². The minimum atomic E-state index is 0. The first-order valence-corrected chi connectivity index (χ1v) is 8.05. The fourth-order valence-corrected chi connectivity index (χ4v) is 3.25. The third kappa shape index (κ3) is 3.52. The highest BCUT2D eigenvalue weighted by Crippen LogP contribution is 2.46. The molecule has 1 fully saturated rings. The second-order valence-electron chi connectivity index (χ2n) is 6.50. The number of aromatic nitrogens is 1. The van der Waals surface area contributed by atoms with Crippen LogP contribution in [0, 0.1) is 5.41 Å². The van der Waals surface area contributed by atoms with Crippen LogP contribution in [0.25, 0.3) is 0 Å². The van der Waals surface area contributed by atoms with Crippen molar-refractivity contribution in [3.8, 4) is 0 Å². The van der Waals surface area contributed by atoms with Crippen LogP contribution < -0.4 is 5.32 Å². The monoisotopic (exact) mass is 422 g/mol. The number of aryl methyl sites for hydroxylation is 1. The van der Waals surface area contributed by atoms with Crippen LogP contribution in [0.15, 0.2) is 11.2 Å². The van der Waals surface area contributed by atoms with Crippen molar-refractivity contribution in [1.29, 1.82) is 0 Å². The topological polar surface area (TPSA) is 40.5 Å². The molecular weight excluding hydrogens is 395 g/mol. The molecule has 120 valence electrons. The maximum Gasteiger partial charge on any atom is 0.194 e. The van der Waals surface area contributed by atoms with Crippen LogP contribution in [0.2, 0.25) is 0 Å². The Labute approximate surface area is 149 Å². The molecule has 1 aromatic heterocycles. The maximum absolute atomic E-state index is 4.44. The highest BCUT2D eigenvalue weighted by Gasteiger charge is 2.53. The second-order valence-corrected chi connectivity index (χ2v) is 7.70. The van der Waals surface area contributed by atoms with E-state index in [-0.39, 0.29) is 29.5 Å². The minimum absolute atomic E-state index is 0. The standard InChI is InChI=1S/C15H26N4S.HI/c1-7-11-8-17-12(20-11)9-18-13(16-6)19-10-14(2,3)15(19,4)5;/h8H,7,9-10H2,1-6H3,(H,16,18);1H. The first-order valence-electron chi connectivity index (χ1n) is 7.23. The fraction of sp³-hybridized carbons (Fsp3) is 0.733. The summed E-state index contributed by atoms with van der Waals surface area (Å²) in [5, 5.41) is 4.57. The van der Waals surface area contributed by atoms with Gasteiger partial charge in [-0.1, -0.05) is 20.8 Å². The molecule has 0 unspecified atom stereocenters. The third-order valence-electron chi connectivity index (χ3n) is 4.70. The molecule has 0 saturated carbocycles. The molecule has 0 amide bonds. The molecule has 1 saturated heterocycles. The Morgan fingerprint density at radius 3 is 2.52 bits per heavy atom. The smallest absolute Gasteiger partial charge is 0.194 e. The number of rotatable bonds is 3. The predicted octanol–water partition coefficient (Wildman–Crippen LogP) is 3.52. The van der Waals surface area contributed by atoms with E-state index in [1.807, 2.05) is 13.2 Å². The highest BCUT2D eigenvalue weighted by molar-refractivity contribution is 14.0. The summed E-state index contributed by atoms with van der Waals surface area (Å²) >= 11 is 1.78. The molecule has 0 radical (unpaired) electrons. The number of hydrogen-bond acceptors (Lipinski definition) is 3. The zero-order valence-electron chi connectivity index (χ0n) is 13.9. The van der Waals surface area contributed by atoms with E-state index in [1.165, 1.54) is 4.88 Å². The van der Waals surface area contributed by atoms with E-state index >= 15 is 0 Å². The van der Waals surface area contributed by atoms with E-state index < -0.39 is 0 Å². The van der Waals surface area contributed by atoms with Gasteiger partial charge in [0.2, 0.25) is 0 Å². The van der Waals surface area contributed by atoms with Gasteiger partial charge in [-0.3, -0.25) is 4.99 Å². The van der Waals surface area contributed by atoms with Crippen molar-refractivity contribution in [2.75, 3.05) is 13.6 Å². The van der Waals surface area contributed by atoms with Gasteiger partial charge in [-0.05, 0) is 20.3 Å². The Morgan fingerprint density at radius 1 is 1.43 bits per heavy atom. The van der Waals surface area contributed by atoms with Crippen molar-refractivity contribution >= 4 is 41.3 Å². The van der Waals surface area contributed by atoms with Gasteiger partial charge in [0.05, 0.1) is 6.54 Å². The van der Waals surface area contributed by atoms with E-state index in [9.17, 15) is 0 Å². The predicted molar refractivity (Wildman–Crippen MR) is 102 cm³/mol. The van der Waals surface area contributed by atoms with E-state index in [0.29, 0.717) is 5.41 Å². The Morgan fingerprint density at radius 2 is 2.10 bits per heavy atom. The van der Waals surface area contributed by atoms with Crippen molar-refractivity contribution in [3.63, 3.8) is 0 Å². The van der Waals surface area contributed by atoms with Crippen LogP contribution in [0.3, 0.4) is 0 Å². The molecule has 6 heteroatoms. The van der Waals surface area contributed by atoms with Gasteiger partial charge in [-0.25, -0.2) is 4.98 Å². The summed E-state index contributed by atoms with van der Waals surface area (Å²) in [5.74, 6) is 0.975. The molecule has 2 rings (SSSR count). The Balaban J connectivity index is 0.00000220. The number of likely N-dealkylation sites (tertiary alicyclic amines) is 1. The summed E-state index contributed by atoms with van der Waals surface area (Å²) in [6, 6.07) is 0. The largest absolute Gasteiger partial charge is 0.350 e. The van der Waals surface area contributed by atoms with Crippen LogP contribution in [0.1, 0.15) is 44.5 Å². The molecule has 2 heterocycles. The molecule has 1 aromatic rings. The first kappa shape index (κ1) is 18.7. The van der Waals surface area contributed by atoms with Crippen molar-refractivity contribution in [2.24, 2.45) is 10.4 Å². The van der Waals surface area contributed by atoms with Gasteiger partial charge >= 0.3 is 0 Å². The lowest BCUT2D eigenvalue weighted by atomic mass is 9.65. The maximum atomic E-state index is 4.44. The lowest BCUT2D eigenvalue weighted by Gasteiger charge is -2.62. The summed E-state index contributed by atoms with van der Waals surface area (Å²) in [4.78, 5) is 12.5. The first-order chi connectivity index (χ1) is 9.31. The summed E-state index contributed by atoms with van der Waals surface area (Å²) in [6.45, 7) is 13.1. The number of thiazole rings is 1. The van der Waals surface area contributed by atoms with Crippen LogP contribution in [0.4, 0.5) is 0 Å². The van der Waals surface area contributed by atoms with E-state index in [0.717, 1.165) is 30.5 Å². The number of halogens is 1. The summed E-state index contributed by atoms with van der Waals surface area (Å²) in [6.07, 6.45) is 3.03. The number of hydrogen-bond donors (Lipinski definition) is 1. The molecule has 0 bridgehead atoms. The molecule has 0 atom stereocenters. The SMILES string of the molecule is CCc1cnc(CNC(=NC)N2CC(C)(C)C2(C)C)s1.I. The van der Waals surface area contributed by atoms with Crippen LogP contribution >= 0.6 is 35.3 Å². The average Bonchev–Trinajstić information content (AvgIpc) is 2.86. The number of nitrogens with one attached hydrogen (secondary N) is 1. The molecule has 0 aliphatic carbocycles. The van der Waals surface area contributed by atoms with Crippen LogP contribution in [-0.4, -0.2) is 35.0 Å². The molecular formula is C15H27IN4S. The molecule has 0 spiro atoms. The summed E-state index contributed by atoms with van der Waals surface area (Å²) in [5.41, 5.74) is 0.452. The summed E-state index contributed by atoms with van der Waals surface area (Å²) in [7, 11) is 1.85. The molecule has 4 nitrogen and oxygen atoms in total. The van der Waals surface area contributed by atoms with Gasteiger partial charge in [0.25, 0.3) is 0 Å². The molecule has 1 aliphatic rings. The van der Waals surface area contributed by atoms with Crippen molar-refractivity contribution in [3.05, 3.63) is 16.1 Å². The van der Waals surface area contributed by atoms with E-state index in [2.05, 4.69) is 54.8 Å². The van der Waals surface area contributed by atoms with Gasteiger partial charge in [-0.15, -0.1) is 35.3 Å². The Hall–Kier alpha value is -0.370. The second kappa shape index (κ2) is 6.81. The van der Waals surface area contributed by atoms with Crippen LogP contribution in [-0.2, 0) is 13.0 Å². The molecule has 21 heavy (non-hydrogen) atoms. The van der Waals surface area contributed by atoms with Crippen molar-refractivity contribution in [1.82, 2.24) is 15.2 Å². The van der Waals surface area contributed by atoms with Crippen molar-refractivity contribution in [2.45, 2.75) is 53.1 Å². The van der Waals surface area contributed by atoms with Crippen LogP contribution in [0.5, 0.6) is 0 Å². The van der Waals surface area contributed by atoms with E-state index in [4.69, 9.17) is 0 Å². The molecule has 1 aliphatic heterocycles. The average molecular weight is 422 g/mol. The van der Waals surface area contributed by atoms with Gasteiger partial charge < -0.3 is 10.2 Å². The van der Waals surface area contributed by atoms with Gasteiger partial charge in [0.1, 0.15) is 5.01 Å². The van der Waals surface area contributed by atoms with Gasteiger partial charge in [-0.2, -0.15) is 0 Å². The number of nitrogens with zero attached hydrogens (tertiary/aromatic N) is 3. The Bertz CT molecular complexity index is 508. The Kier molecular flexibility index (Phi) is 6.06. The van der Waals surface area contributed by atoms with Crippen molar-refractivity contribution < 1.29 is 0 Å². The lowest BCUT2D eigenvalue weighted by Crippen LogP contribution is -2.72. The minimum Gasteiger partial charge on any atom is -0.350 e. The molecule has 0 aromatic carbocycles. The number of guanidine groups is 1. The number of aliphatic imine (C=N–C) groups is 1. The zero-order chi connectivity index (χ0) is 15.0. The fourth-order valence-electron chi connectivity index (χ4n) is 2.44. The highest BCUT2D eigenvalue weighted by atomic mass is 127. The molecule has 1 N–H and O–H groups in total. The van der Waals surface area contributed by atoms with Gasteiger partial charge in [0.15, 0.2) is 5.96 Å². The van der Waals surface area contributed by atoms with Gasteiger partial charge in [0, 0.05) is 35.6 Å². The quantitative estimate of drug-likeness (QED) is 0.461.